The zero-order chi connectivity index (χ0) is 22.5. The van der Waals surface area contributed by atoms with Crippen LogP contribution in [0.5, 0.6) is 11.5 Å². The van der Waals surface area contributed by atoms with Crippen molar-refractivity contribution in [1.29, 1.82) is 0 Å². The molecule has 1 aliphatic rings. The van der Waals surface area contributed by atoms with E-state index in [4.69, 9.17) is 10.2 Å². The Morgan fingerprint density at radius 1 is 0.781 bits per heavy atom. The van der Waals surface area contributed by atoms with Crippen molar-refractivity contribution < 1.29 is 20.4 Å². The Kier molecular flexibility index (Phi) is 6.98. The summed E-state index contributed by atoms with van der Waals surface area (Å²) in [5.74, 6) is 0.0401. The summed E-state index contributed by atoms with van der Waals surface area (Å²) in [4.78, 5) is 0. The lowest BCUT2D eigenvalue weighted by Gasteiger charge is -2.21. The van der Waals surface area contributed by atoms with Gasteiger partial charge in [-0.2, -0.15) is 0 Å². The van der Waals surface area contributed by atoms with E-state index in [-0.39, 0.29) is 24.7 Å². The highest BCUT2D eigenvalue weighted by molar-refractivity contribution is 6.25. The molecule has 1 aliphatic heterocycles. The number of hydrazine groups is 2. The Morgan fingerprint density at radius 3 is 2.28 bits per heavy atom. The summed E-state index contributed by atoms with van der Waals surface area (Å²) in [7, 11) is 0. The Labute approximate surface area is 185 Å². The fourth-order valence-electron chi connectivity index (χ4n) is 4.04. The van der Waals surface area contributed by atoms with Gasteiger partial charge in [-0.3, -0.25) is 5.43 Å². The van der Waals surface area contributed by atoms with Crippen molar-refractivity contribution in [3.05, 3.63) is 30.3 Å². The third kappa shape index (κ3) is 4.18. The van der Waals surface area contributed by atoms with Gasteiger partial charge in [0.05, 0.1) is 35.4 Å². The van der Waals surface area contributed by atoms with Crippen LogP contribution >= 0.6 is 0 Å². The second kappa shape index (κ2) is 10.1. The molecule has 3 aromatic rings. The molecule has 3 aromatic carbocycles. The number of fused-ring (bicyclic) bond motifs is 2. The van der Waals surface area contributed by atoms with E-state index in [2.05, 4.69) is 26.8 Å². The molecule has 10 heteroatoms. The molecule has 4 rings (SSSR count). The van der Waals surface area contributed by atoms with E-state index < -0.39 is 0 Å². The number of aliphatic hydroxyl groups excluding tert-OH is 2. The molecular weight excluding hydrogens is 412 g/mol. The van der Waals surface area contributed by atoms with Crippen molar-refractivity contribution in [2.45, 2.75) is 0 Å². The number of anilines is 3. The molecule has 0 aromatic heterocycles. The topological polar surface area (TPSA) is 144 Å². The van der Waals surface area contributed by atoms with Crippen LogP contribution in [-0.2, 0) is 0 Å². The molecule has 0 fully saturated rings. The first-order chi connectivity index (χ1) is 15.7. The summed E-state index contributed by atoms with van der Waals surface area (Å²) in [6.45, 7) is 3.78. The number of hydrogen-bond donors (Lipinski definition) is 9. The fourth-order valence-corrected chi connectivity index (χ4v) is 4.04. The maximum Gasteiger partial charge on any atom is 0.137 e. The second-order valence-corrected chi connectivity index (χ2v) is 7.53. The van der Waals surface area contributed by atoms with E-state index in [1.165, 1.54) is 0 Å². The quantitative estimate of drug-likeness (QED) is 0.111. The molecule has 0 aliphatic carbocycles. The smallest absolute Gasteiger partial charge is 0.137 e. The van der Waals surface area contributed by atoms with Gasteiger partial charge >= 0.3 is 0 Å². The number of phenols is 2. The van der Waals surface area contributed by atoms with Gasteiger partial charge in [0, 0.05) is 55.7 Å². The number of aromatic hydroxyl groups is 2. The number of nitrogens with zero attached hydrogens (tertiary/aromatic N) is 1. The predicted molar refractivity (Wildman–Crippen MR) is 127 cm³/mol. The van der Waals surface area contributed by atoms with Gasteiger partial charge in [-0.1, -0.05) is 12.1 Å². The van der Waals surface area contributed by atoms with Crippen LogP contribution in [-0.4, -0.2) is 72.9 Å². The Balaban J connectivity index is 1.71. The molecule has 32 heavy (non-hydrogen) atoms. The highest BCUT2D eigenvalue weighted by atomic mass is 16.3. The number of hydrogen-bond acceptors (Lipinski definition) is 10. The second-order valence-electron chi connectivity index (χ2n) is 7.53. The Hall–Kier alpha value is -3.02. The summed E-state index contributed by atoms with van der Waals surface area (Å²) in [5.41, 5.74) is 9.10. The molecule has 0 bridgehead atoms. The van der Waals surface area contributed by atoms with Gasteiger partial charge < -0.3 is 36.4 Å². The summed E-state index contributed by atoms with van der Waals surface area (Å²) >= 11 is 0. The van der Waals surface area contributed by atoms with Crippen LogP contribution in [0.2, 0.25) is 0 Å². The van der Waals surface area contributed by atoms with E-state index in [1.807, 2.05) is 23.3 Å². The highest BCUT2D eigenvalue weighted by Crippen LogP contribution is 2.52. The van der Waals surface area contributed by atoms with Crippen LogP contribution in [0.25, 0.3) is 21.5 Å². The van der Waals surface area contributed by atoms with E-state index in [0.29, 0.717) is 50.0 Å². The monoisotopic (exact) mass is 442 g/mol. The first-order valence-corrected chi connectivity index (χ1v) is 10.8. The molecule has 0 spiro atoms. The minimum Gasteiger partial charge on any atom is -0.507 e. The van der Waals surface area contributed by atoms with Crippen molar-refractivity contribution in [3.8, 4) is 11.5 Å². The van der Waals surface area contributed by atoms with Crippen LogP contribution < -0.4 is 31.9 Å². The van der Waals surface area contributed by atoms with Crippen molar-refractivity contribution in [1.82, 2.24) is 16.1 Å². The molecule has 10 nitrogen and oxygen atoms in total. The fraction of sp³-hybridized carbons (Fsp3) is 0.364. The van der Waals surface area contributed by atoms with E-state index in [0.717, 1.165) is 27.8 Å². The van der Waals surface area contributed by atoms with E-state index in [9.17, 15) is 10.2 Å². The Morgan fingerprint density at radius 2 is 1.53 bits per heavy atom. The third-order valence-corrected chi connectivity index (χ3v) is 5.45. The van der Waals surface area contributed by atoms with Gasteiger partial charge in [-0.15, -0.1) is 0 Å². The van der Waals surface area contributed by atoms with Gasteiger partial charge in [0.2, 0.25) is 0 Å². The number of nitrogens with one attached hydrogen (secondary N) is 5. The Bertz CT molecular complexity index is 1090. The molecule has 0 saturated heterocycles. The zero-order valence-corrected chi connectivity index (χ0v) is 17.8. The maximum atomic E-state index is 11.2. The van der Waals surface area contributed by atoms with Crippen LogP contribution in [0.15, 0.2) is 30.3 Å². The van der Waals surface area contributed by atoms with Crippen LogP contribution in [0.3, 0.4) is 0 Å². The molecule has 0 atom stereocenters. The minimum absolute atomic E-state index is 0.0144. The van der Waals surface area contributed by atoms with Crippen molar-refractivity contribution in [2.75, 3.05) is 68.3 Å². The molecule has 172 valence electrons. The largest absolute Gasteiger partial charge is 0.507 e. The summed E-state index contributed by atoms with van der Waals surface area (Å²) in [6.07, 6.45) is 0. The van der Waals surface area contributed by atoms with E-state index in [1.54, 1.807) is 12.1 Å². The maximum absolute atomic E-state index is 11.2. The van der Waals surface area contributed by atoms with Gasteiger partial charge in [-0.05, 0) is 18.2 Å². The molecule has 1 heterocycles. The number of aliphatic hydroxyl groups is 2. The number of phenolic OH excluding ortho intramolecular Hbond substituents is 2. The summed E-state index contributed by atoms with van der Waals surface area (Å²) < 4.78 is 0. The molecular formula is C22H30N6O4. The molecule has 0 radical (unpaired) electrons. The first-order valence-electron chi connectivity index (χ1n) is 10.8. The van der Waals surface area contributed by atoms with Gasteiger partial charge in [0.25, 0.3) is 0 Å². The lowest BCUT2D eigenvalue weighted by Crippen LogP contribution is -2.44. The van der Waals surface area contributed by atoms with Gasteiger partial charge in [-0.25, -0.2) is 10.5 Å². The molecule has 0 unspecified atom stereocenters. The molecule has 0 amide bonds. The summed E-state index contributed by atoms with van der Waals surface area (Å²) in [6, 6.07) is 9.06. The summed E-state index contributed by atoms with van der Waals surface area (Å²) in [5, 5.41) is 53.5. The van der Waals surface area contributed by atoms with Crippen LogP contribution in [0.4, 0.5) is 17.1 Å². The standard InChI is InChI=1S/C22H30N6O4/c29-12-10-23-6-8-25-15-4-5-16-20-19(15)22(32)18-14(2-1-3-17(18)31)21(20)27-28(16)26-9-7-24-11-13-30/h1-5,23-27,29-32H,6-13H2. The first kappa shape index (κ1) is 22.2. The van der Waals surface area contributed by atoms with Crippen molar-refractivity contribution in [3.63, 3.8) is 0 Å². The van der Waals surface area contributed by atoms with Gasteiger partial charge in [0.1, 0.15) is 11.5 Å². The number of rotatable bonds is 12. The van der Waals surface area contributed by atoms with Crippen LogP contribution in [0.1, 0.15) is 0 Å². The zero-order valence-electron chi connectivity index (χ0n) is 17.8. The normalized spacial score (nSPS) is 12.6. The predicted octanol–water partition coefficient (Wildman–Crippen LogP) is 0.631. The van der Waals surface area contributed by atoms with Crippen molar-refractivity contribution in [2.24, 2.45) is 0 Å². The number of benzene rings is 3. The van der Waals surface area contributed by atoms with Crippen molar-refractivity contribution >= 4 is 38.6 Å². The van der Waals surface area contributed by atoms with Crippen LogP contribution in [0, 0.1) is 0 Å². The molecule has 0 saturated carbocycles. The SMILES string of the molecule is OCCNCCNc1ccc2c3c(c4cccc(O)c4c(O)c13)NN2NCCNCCO. The average Bonchev–Trinajstić information content (AvgIpc) is 3.16. The lowest BCUT2D eigenvalue weighted by atomic mass is 9.97. The van der Waals surface area contributed by atoms with Gasteiger partial charge in [0.15, 0.2) is 0 Å². The molecule has 9 N–H and O–H groups in total. The lowest BCUT2D eigenvalue weighted by molar-refractivity contribution is 0.292. The average molecular weight is 443 g/mol. The minimum atomic E-state index is 0.0144. The highest BCUT2D eigenvalue weighted by Gasteiger charge is 2.28. The van der Waals surface area contributed by atoms with E-state index >= 15 is 0 Å². The third-order valence-electron chi connectivity index (χ3n) is 5.45.